The van der Waals surface area contributed by atoms with Crippen LogP contribution in [0, 0.1) is 0 Å². The van der Waals surface area contributed by atoms with Gasteiger partial charge in [-0.1, -0.05) is 36.4 Å². The Kier molecular flexibility index (Phi) is 4.28. The van der Waals surface area contributed by atoms with Gasteiger partial charge in [-0.05, 0) is 38.1 Å². The molecule has 2 aromatic rings. The van der Waals surface area contributed by atoms with Gasteiger partial charge in [-0.15, -0.1) is 0 Å². The largest absolute Gasteiger partial charge is 0.433 e. The van der Waals surface area contributed by atoms with Gasteiger partial charge in [-0.2, -0.15) is 0 Å². The van der Waals surface area contributed by atoms with Crippen LogP contribution in [0.5, 0.6) is 11.5 Å². The van der Waals surface area contributed by atoms with Crippen molar-refractivity contribution in [1.29, 1.82) is 0 Å². The number of para-hydroxylation sites is 2. The predicted molar refractivity (Wildman–Crippen MR) is 76.9 cm³/mol. The summed E-state index contributed by atoms with van der Waals surface area (Å²) in [6.07, 6.45) is 0. The highest BCUT2D eigenvalue weighted by Crippen LogP contribution is 2.52. The first-order valence-electron chi connectivity index (χ1n) is 6.19. The summed E-state index contributed by atoms with van der Waals surface area (Å²) in [7, 11) is -3.24. The third-order valence-electron chi connectivity index (χ3n) is 2.58. The molecule has 2 rings (SSSR count). The molecule has 0 saturated carbocycles. The number of benzene rings is 2. The Bertz CT molecular complexity index is 507. The molecule has 0 amide bonds. The molecule has 0 fully saturated rings. The zero-order chi connectivity index (χ0) is 13.7. The second-order valence-corrected chi connectivity index (χ2v) is 6.92. The Balaban J connectivity index is 2.21. The van der Waals surface area contributed by atoms with Crippen LogP contribution >= 0.6 is 7.60 Å². The van der Waals surface area contributed by atoms with Crippen molar-refractivity contribution < 1.29 is 13.6 Å². The fourth-order valence-corrected chi connectivity index (χ4v) is 2.78. The molecular formula is C15H17O3P. The molecule has 0 atom stereocenters. The first-order chi connectivity index (χ1) is 9.10. The molecule has 0 aliphatic carbocycles. The van der Waals surface area contributed by atoms with Gasteiger partial charge in [0.2, 0.25) is 0 Å². The van der Waals surface area contributed by atoms with Gasteiger partial charge in [0.1, 0.15) is 11.5 Å². The van der Waals surface area contributed by atoms with Crippen LogP contribution in [0.15, 0.2) is 60.7 Å². The van der Waals surface area contributed by atoms with Crippen molar-refractivity contribution in [3.8, 4) is 11.5 Å². The molecule has 0 aliphatic rings. The van der Waals surface area contributed by atoms with Crippen LogP contribution in [0.1, 0.15) is 13.8 Å². The second-order valence-electron chi connectivity index (χ2n) is 4.44. The first kappa shape index (κ1) is 13.7. The topological polar surface area (TPSA) is 35.5 Å². The smallest absolute Gasteiger partial charge is 0.416 e. The van der Waals surface area contributed by atoms with Crippen molar-refractivity contribution in [2.75, 3.05) is 0 Å². The van der Waals surface area contributed by atoms with Crippen LogP contribution in [0.3, 0.4) is 0 Å². The maximum absolute atomic E-state index is 12.8. The molecular weight excluding hydrogens is 259 g/mol. The summed E-state index contributed by atoms with van der Waals surface area (Å²) in [6, 6.07) is 18.2. The predicted octanol–water partition coefficient (Wildman–Crippen LogP) is 4.75. The summed E-state index contributed by atoms with van der Waals surface area (Å²) in [6.45, 7) is 3.65. The zero-order valence-electron chi connectivity index (χ0n) is 11.0. The average Bonchev–Trinajstić information content (AvgIpc) is 2.40. The molecule has 0 radical (unpaired) electrons. The van der Waals surface area contributed by atoms with Gasteiger partial charge in [0.25, 0.3) is 0 Å². The molecule has 0 saturated heterocycles. The van der Waals surface area contributed by atoms with Gasteiger partial charge in [0, 0.05) is 0 Å². The standard InChI is InChI=1S/C15H17O3P/c1-13(2)19(16,17-14-9-5-3-6-10-14)18-15-11-7-4-8-12-15/h3-13H,1-2H3. The lowest BCUT2D eigenvalue weighted by molar-refractivity contribution is 0.377. The van der Waals surface area contributed by atoms with Gasteiger partial charge in [-0.25, -0.2) is 4.57 Å². The minimum absolute atomic E-state index is 0.229. The van der Waals surface area contributed by atoms with E-state index in [1.165, 1.54) is 0 Å². The van der Waals surface area contributed by atoms with Gasteiger partial charge >= 0.3 is 7.60 Å². The Morgan fingerprint density at radius 1 is 0.789 bits per heavy atom. The average molecular weight is 276 g/mol. The monoisotopic (exact) mass is 276 g/mol. The van der Waals surface area contributed by atoms with E-state index in [2.05, 4.69) is 0 Å². The van der Waals surface area contributed by atoms with E-state index in [4.69, 9.17) is 9.05 Å². The minimum Gasteiger partial charge on any atom is -0.416 e. The first-order valence-corrected chi connectivity index (χ1v) is 7.80. The van der Waals surface area contributed by atoms with Crippen molar-refractivity contribution >= 4 is 7.60 Å². The molecule has 0 heterocycles. The number of hydrogen-bond donors (Lipinski definition) is 0. The summed E-state index contributed by atoms with van der Waals surface area (Å²) in [4.78, 5) is 0. The molecule has 3 nitrogen and oxygen atoms in total. The highest BCUT2D eigenvalue weighted by atomic mass is 31.2. The summed E-state index contributed by atoms with van der Waals surface area (Å²) in [5, 5.41) is 0. The Labute approximate surface area is 113 Å². The van der Waals surface area contributed by atoms with E-state index in [-0.39, 0.29) is 5.66 Å². The highest BCUT2D eigenvalue weighted by Gasteiger charge is 2.32. The van der Waals surface area contributed by atoms with E-state index in [1.807, 2.05) is 50.2 Å². The SMILES string of the molecule is CC(C)P(=O)(Oc1ccccc1)Oc1ccccc1. The van der Waals surface area contributed by atoms with E-state index in [0.29, 0.717) is 11.5 Å². The fraction of sp³-hybridized carbons (Fsp3) is 0.200. The summed E-state index contributed by atoms with van der Waals surface area (Å²) >= 11 is 0. The lowest BCUT2D eigenvalue weighted by Crippen LogP contribution is -2.10. The summed E-state index contributed by atoms with van der Waals surface area (Å²) in [5.74, 6) is 1.10. The van der Waals surface area contributed by atoms with Crippen LogP contribution < -0.4 is 9.05 Å². The molecule has 0 spiro atoms. The number of rotatable bonds is 5. The van der Waals surface area contributed by atoms with E-state index in [0.717, 1.165) is 0 Å². The van der Waals surface area contributed by atoms with E-state index >= 15 is 0 Å². The molecule has 0 N–H and O–H groups in total. The lowest BCUT2D eigenvalue weighted by atomic mass is 10.3. The molecule has 0 aromatic heterocycles. The van der Waals surface area contributed by atoms with Crippen molar-refractivity contribution in [3.63, 3.8) is 0 Å². The van der Waals surface area contributed by atoms with Gasteiger partial charge in [0.05, 0.1) is 5.66 Å². The van der Waals surface area contributed by atoms with Crippen molar-refractivity contribution in [3.05, 3.63) is 60.7 Å². The quantitative estimate of drug-likeness (QED) is 0.739. The molecule has 0 unspecified atom stereocenters. The van der Waals surface area contributed by atoms with Crippen molar-refractivity contribution in [2.24, 2.45) is 0 Å². The molecule has 4 heteroatoms. The summed E-state index contributed by atoms with van der Waals surface area (Å²) < 4.78 is 24.0. The maximum atomic E-state index is 12.8. The van der Waals surface area contributed by atoms with Gasteiger partial charge in [0.15, 0.2) is 0 Å². The number of hydrogen-bond acceptors (Lipinski definition) is 3. The normalized spacial score (nSPS) is 11.3. The minimum atomic E-state index is -3.24. The van der Waals surface area contributed by atoms with Crippen molar-refractivity contribution in [1.82, 2.24) is 0 Å². The van der Waals surface area contributed by atoms with Gasteiger partial charge < -0.3 is 9.05 Å². The Morgan fingerprint density at radius 2 is 1.16 bits per heavy atom. The molecule has 0 aliphatic heterocycles. The second kappa shape index (κ2) is 5.94. The maximum Gasteiger partial charge on any atom is 0.433 e. The lowest BCUT2D eigenvalue weighted by Gasteiger charge is -2.22. The van der Waals surface area contributed by atoms with Crippen molar-refractivity contribution in [2.45, 2.75) is 19.5 Å². The van der Waals surface area contributed by atoms with Crippen LogP contribution in [0.2, 0.25) is 0 Å². The van der Waals surface area contributed by atoms with E-state index in [9.17, 15) is 4.57 Å². The third-order valence-corrected chi connectivity index (χ3v) is 4.78. The fourth-order valence-electron chi connectivity index (χ4n) is 1.49. The highest BCUT2D eigenvalue weighted by molar-refractivity contribution is 7.55. The molecule has 100 valence electrons. The van der Waals surface area contributed by atoms with Crippen LogP contribution in [0.4, 0.5) is 0 Å². The Morgan fingerprint density at radius 3 is 1.47 bits per heavy atom. The molecule has 19 heavy (non-hydrogen) atoms. The van der Waals surface area contributed by atoms with E-state index in [1.54, 1.807) is 24.3 Å². The summed E-state index contributed by atoms with van der Waals surface area (Å²) in [5.41, 5.74) is -0.229. The van der Waals surface area contributed by atoms with Crippen LogP contribution in [0.25, 0.3) is 0 Å². The van der Waals surface area contributed by atoms with Crippen LogP contribution in [-0.2, 0) is 4.57 Å². The molecule has 0 bridgehead atoms. The third kappa shape index (κ3) is 3.62. The zero-order valence-corrected chi connectivity index (χ0v) is 11.9. The van der Waals surface area contributed by atoms with Gasteiger partial charge in [-0.3, -0.25) is 0 Å². The van der Waals surface area contributed by atoms with E-state index < -0.39 is 7.60 Å². The molecule has 2 aromatic carbocycles. The Hall–Kier alpha value is -1.73. The van der Waals surface area contributed by atoms with Crippen LogP contribution in [-0.4, -0.2) is 5.66 Å².